The van der Waals surface area contributed by atoms with Crippen molar-refractivity contribution < 1.29 is 0 Å². The summed E-state index contributed by atoms with van der Waals surface area (Å²) in [5.41, 5.74) is 7.56. The van der Waals surface area contributed by atoms with Gasteiger partial charge in [-0.3, -0.25) is 4.57 Å². The summed E-state index contributed by atoms with van der Waals surface area (Å²) in [4.78, 5) is 15.7. The van der Waals surface area contributed by atoms with Gasteiger partial charge in [0.1, 0.15) is 11.5 Å². The van der Waals surface area contributed by atoms with E-state index >= 15 is 0 Å². The predicted molar refractivity (Wildman–Crippen MR) is 83.6 cm³/mol. The fraction of sp³-hybridized carbons (Fsp3) is 0.200. The van der Waals surface area contributed by atoms with E-state index in [1.165, 1.54) is 4.57 Å². The number of hydrogen-bond donors (Lipinski definition) is 1. The van der Waals surface area contributed by atoms with E-state index in [0.717, 1.165) is 5.69 Å². The average Bonchev–Trinajstić information content (AvgIpc) is 2.97. The van der Waals surface area contributed by atoms with E-state index in [1.54, 1.807) is 17.1 Å². The molecule has 0 aliphatic heterocycles. The maximum atomic E-state index is 11.8. The van der Waals surface area contributed by atoms with Crippen molar-refractivity contribution in [2.75, 3.05) is 5.73 Å². The first-order chi connectivity index (χ1) is 10.6. The molecule has 2 N–H and O–H groups in total. The topological polar surface area (TPSA) is 91.6 Å². The van der Waals surface area contributed by atoms with Gasteiger partial charge in [-0.05, 0) is 26.0 Å². The van der Waals surface area contributed by atoms with Crippen LogP contribution in [0.2, 0.25) is 0 Å². The van der Waals surface area contributed by atoms with Gasteiger partial charge in [-0.1, -0.05) is 23.4 Å². The maximum Gasteiger partial charge on any atom is 0.349 e. The van der Waals surface area contributed by atoms with E-state index in [2.05, 4.69) is 15.3 Å². The molecule has 0 saturated heterocycles. The molecule has 0 radical (unpaired) electrons. The van der Waals surface area contributed by atoms with E-state index in [-0.39, 0.29) is 17.5 Å². The molecule has 0 atom stereocenters. The molecule has 0 saturated carbocycles. The maximum absolute atomic E-state index is 11.8. The summed E-state index contributed by atoms with van der Waals surface area (Å²) >= 11 is 0. The Hall–Kier alpha value is -2.96. The summed E-state index contributed by atoms with van der Waals surface area (Å²) < 4.78 is 3.17. The van der Waals surface area contributed by atoms with Gasteiger partial charge in [0.15, 0.2) is 0 Å². The highest BCUT2D eigenvalue weighted by atomic mass is 16.1. The Morgan fingerprint density at radius 3 is 2.55 bits per heavy atom. The number of rotatable bonds is 3. The Balaban J connectivity index is 2.07. The van der Waals surface area contributed by atoms with Crippen LogP contribution in [-0.4, -0.2) is 24.5 Å². The highest BCUT2D eigenvalue weighted by molar-refractivity contribution is 5.69. The molecule has 7 nitrogen and oxygen atoms in total. The van der Waals surface area contributed by atoms with Crippen LogP contribution in [0.5, 0.6) is 0 Å². The minimum atomic E-state index is -0.369. The third kappa shape index (κ3) is 2.48. The molecule has 0 spiro atoms. The van der Waals surface area contributed by atoms with Crippen LogP contribution in [-0.2, 0) is 0 Å². The summed E-state index contributed by atoms with van der Waals surface area (Å²) in [5, 5.41) is 8.23. The average molecular weight is 296 g/mol. The summed E-state index contributed by atoms with van der Waals surface area (Å²) in [5.74, 6) is 0.155. The third-order valence-corrected chi connectivity index (χ3v) is 3.33. The van der Waals surface area contributed by atoms with Crippen LogP contribution < -0.4 is 11.4 Å². The molecule has 1 aromatic carbocycles. The quantitative estimate of drug-likeness (QED) is 0.793. The normalized spacial score (nSPS) is 11.0. The number of nitrogens with two attached hydrogens (primary N) is 1. The number of anilines is 1. The van der Waals surface area contributed by atoms with E-state index in [0.29, 0.717) is 11.3 Å². The molecule has 0 bridgehead atoms. The second-order valence-electron chi connectivity index (χ2n) is 5.21. The Labute approximate surface area is 127 Å². The Morgan fingerprint density at radius 1 is 1.14 bits per heavy atom. The monoisotopic (exact) mass is 296 g/mol. The molecule has 2 aromatic heterocycles. The van der Waals surface area contributed by atoms with Crippen molar-refractivity contribution in [2.24, 2.45) is 0 Å². The molecule has 0 aliphatic carbocycles. The number of nitrogens with zero attached hydrogens (tertiary/aromatic N) is 5. The zero-order chi connectivity index (χ0) is 15.7. The van der Waals surface area contributed by atoms with Crippen molar-refractivity contribution in [2.45, 2.75) is 19.9 Å². The molecular formula is C15H16N6O. The highest BCUT2D eigenvalue weighted by Gasteiger charge is 2.13. The summed E-state index contributed by atoms with van der Waals surface area (Å²) in [6.45, 7) is 3.81. The number of aromatic nitrogens is 5. The molecule has 22 heavy (non-hydrogen) atoms. The lowest BCUT2D eigenvalue weighted by Crippen LogP contribution is -2.25. The van der Waals surface area contributed by atoms with Crippen molar-refractivity contribution >= 4 is 5.82 Å². The lowest BCUT2D eigenvalue weighted by atomic mass is 10.2. The van der Waals surface area contributed by atoms with Crippen molar-refractivity contribution in [3.63, 3.8) is 0 Å². The second kappa shape index (κ2) is 5.44. The predicted octanol–water partition coefficient (Wildman–Crippen LogP) is 1.65. The third-order valence-electron chi connectivity index (χ3n) is 3.33. The van der Waals surface area contributed by atoms with Gasteiger partial charge in [0.25, 0.3) is 0 Å². The van der Waals surface area contributed by atoms with Crippen molar-refractivity contribution in [3.8, 4) is 16.9 Å². The van der Waals surface area contributed by atoms with Gasteiger partial charge < -0.3 is 5.73 Å². The van der Waals surface area contributed by atoms with E-state index in [1.807, 2.05) is 44.2 Å². The fourth-order valence-corrected chi connectivity index (χ4v) is 2.14. The number of nitrogen functional groups attached to an aromatic ring is 1. The fourth-order valence-electron chi connectivity index (χ4n) is 2.14. The molecule has 3 rings (SSSR count). The SMILES string of the molecule is CC(C)n1cc(-c2cn(-c3ccccc3)nn2)c(N)nc1=O. The Bertz CT molecular complexity index is 850. The van der Waals surface area contributed by atoms with Crippen LogP contribution in [0.15, 0.2) is 47.5 Å². The molecule has 0 aliphatic rings. The smallest absolute Gasteiger partial charge is 0.349 e. The van der Waals surface area contributed by atoms with Gasteiger partial charge in [-0.25, -0.2) is 9.48 Å². The zero-order valence-electron chi connectivity index (χ0n) is 12.3. The first-order valence-corrected chi connectivity index (χ1v) is 6.93. The molecule has 2 heterocycles. The lowest BCUT2D eigenvalue weighted by Gasteiger charge is -2.11. The Morgan fingerprint density at radius 2 is 1.86 bits per heavy atom. The Kier molecular flexibility index (Phi) is 3.46. The molecule has 3 aromatic rings. The molecule has 0 amide bonds. The minimum Gasteiger partial charge on any atom is -0.383 e. The molecular weight excluding hydrogens is 280 g/mol. The largest absolute Gasteiger partial charge is 0.383 e. The van der Waals surface area contributed by atoms with Crippen LogP contribution in [0, 0.1) is 0 Å². The number of hydrogen-bond acceptors (Lipinski definition) is 5. The summed E-state index contributed by atoms with van der Waals surface area (Å²) in [6.07, 6.45) is 3.44. The van der Waals surface area contributed by atoms with Crippen LogP contribution in [0.25, 0.3) is 16.9 Å². The molecule has 7 heteroatoms. The zero-order valence-corrected chi connectivity index (χ0v) is 12.3. The standard InChI is InChI=1S/C15H16N6O/c1-10(2)20-8-12(14(16)17-15(20)22)13-9-21(19-18-13)11-6-4-3-5-7-11/h3-10H,1-2H3,(H2,16,17,22). The summed E-state index contributed by atoms with van der Waals surface area (Å²) in [7, 11) is 0. The number of para-hydroxylation sites is 1. The van der Waals surface area contributed by atoms with E-state index in [4.69, 9.17) is 5.73 Å². The van der Waals surface area contributed by atoms with Crippen molar-refractivity contribution in [1.82, 2.24) is 24.5 Å². The summed E-state index contributed by atoms with van der Waals surface area (Å²) in [6, 6.07) is 9.62. The van der Waals surface area contributed by atoms with Gasteiger partial charge >= 0.3 is 5.69 Å². The van der Waals surface area contributed by atoms with E-state index in [9.17, 15) is 4.79 Å². The van der Waals surface area contributed by atoms with E-state index < -0.39 is 0 Å². The molecule has 0 fully saturated rings. The van der Waals surface area contributed by atoms with Crippen LogP contribution >= 0.6 is 0 Å². The first kappa shape index (κ1) is 14.0. The van der Waals surface area contributed by atoms with Crippen molar-refractivity contribution in [3.05, 3.63) is 53.2 Å². The molecule has 112 valence electrons. The minimum absolute atomic E-state index is 0.0106. The van der Waals surface area contributed by atoms with Crippen molar-refractivity contribution in [1.29, 1.82) is 0 Å². The van der Waals surface area contributed by atoms with Gasteiger partial charge in [0.2, 0.25) is 0 Å². The lowest BCUT2D eigenvalue weighted by molar-refractivity contribution is 0.565. The second-order valence-corrected chi connectivity index (χ2v) is 5.21. The van der Waals surface area contributed by atoms with Gasteiger partial charge in [-0.2, -0.15) is 4.98 Å². The van der Waals surface area contributed by atoms with Gasteiger partial charge in [-0.15, -0.1) is 5.10 Å². The van der Waals surface area contributed by atoms with Gasteiger partial charge in [0, 0.05) is 12.2 Å². The van der Waals surface area contributed by atoms with Gasteiger partial charge in [0.05, 0.1) is 17.4 Å². The molecule has 0 unspecified atom stereocenters. The number of benzene rings is 1. The highest BCUT2D eigenvalue weighted by Crippen LogP contribution is 2.22. The van der Waals surface area contributed by atoms with Crippen LogP contribution in [0.3, 0.4) is 0 Å². The van der Waals surface area contributed by atoms with Crippen LogP contribution in [0.4, 0.5) is 5.82 Å². The first-order valence-electron chi connectivity index (χ1n) is 6.93. The van der Waals surface area contributed by atoms with Crippen LogP contribution in [0.1, 0.15) is 19.9 Å².